The first-order chi connectivity index (χ1) is 8.09. The minimum atomic E-state index is -1.000. The Hall–Kier alpha value is -1.29. The molecular formula is C13H14F2O2. The van der Waals surface area contributed by atoms with Crippen LogP contribution in [-0.4, -0.2) is 18.5 Å². The lowest BCUT2D eigenvalue weighted by atomic mass is 9.91. The molecule has 0 unspecified atom stereocenters. The van der Waals surface area contributed by atoms with E-state index < -0.39 is 17.2 Å². The van der Waals surface area contributed by atoms with Crippen molar-refractivity contribution in [3.8, 4) is 0 Å². The van der Waals surface area contributed by atoms with Gasteiger partial charge in [-0.05, 0) is 43.9 Å². The zero-order chi connectivity index (χ0) is 12.5. The molecule has 1 aliphatic rings. The van der Waals surface area contributed by atoms with Crippen molar-refractivity contribution in [1.29, 1.82) is 0 Å². The van der Waals surface area contributed by atoms with Gasteiger partial charge < -0.3 is 4.74 Å². The Balaban J connectivity index is 2.32. The first-order valence-corrected chi connectivity index (χ1v) is 5.64. The fourth-order valence-corrected chi connectivity index (χ4v) is 2.37. The molecule has 0 N–H and O–H groups in total. The molecule has 1 saturated carbocycles. The molecule has 0 spiro atoms. The number of ketones is 1. The molecule has 1 fully saturated rings. The highest BCUT2D eigenvalue weighted by Gasteiger charge is 2.41. The van der Waals surface area contributed by atoms with Crippen LogP contribution in [0.3, 0.4) is 0 Å². The Labute approximate surface area is 98.6 Å². The van der Waals surface area contributed by atoms with Crippen molar-refractivity contribution in [1.82, 2.24) is 0 Å². The number of carbonyl (C=O) groups excluding carboxylic acids is 1. The molecule has 1 aromatic carbocycles. The molecule has 0 heterocycles. The van der Waals surface area contributed by atoms with Gasteiger partial charge in [0, 0.05) is 12.7 Å². The highest BCUT2D eigenvalue weighted by atomic mass is 19.2. The fraction of sp³-hybridized carbons (Fsp3) is 0.462. The summed E-state index contributed by atoms with van der Waals surface area (Å²) in [6.07, 6.45) is 3.12. The Morgan fingerprint density at radius 3 is 2.41 bits per heavy atom. The zero-order valence-corrected chi connectivity index (χ0v) is 9.63. The maximum Gasteiger partial charge on any atom is 0.194 e. The summed E-state index contributed by atoms with van der Waals surface area (Å²) in [6.45, 7) is 0. The van der Waals surface area contributed by atoms with Gasteiger partial charge in [0.2, 0.25) is 0 Å². The van der Waals surface area contributed by atoms with Crippen LogP contribution in [0, 0.1) is 11.6 Å². The lowest BCUT2D eigenvalue weighted by Gasteiger charge is -2.25. The fourth-order valence-electron chi connectivity index (χ4n) is 2.37. The molecule has 0 amide bonds. The van der Waals surface area contributed by atoms with E-state index in [2.05, 4.69) is 0 Å². The second-order valence-electron chi connectivity index (χ2n) is 4.36. The van der Waals surface area contributed by atoms with E-state index in [-0.39, 0.29) is 11.3 Å². The second kappa shape index (κ2) is 4.53. The predicted molar refractivity (Wildman–Crippen MR) is 58.9 cm³/mol. The summed E-state index contributed by atoms with van der Waals surface area (Å²) in [5, 5.41) is 0. The highest BCUT2D eigenvalue weighted by molar-refractivity contribution is 6.02. The molecule has 0 atom stereocenters. The van der Waals surface area contributed by atoms with Gasteiger partial charge in [0.05, 0.1) is 0 Å². The van der Waals surface area contributed by atoms with E-state index in [4.69, 9.17) is 4.74 Å². The number of carbonyl (C=O) groups is 1. The standard InChI is InChI=1S/C13H14F2O2/c1-17-13(6-2-3-7-13)12(16)9-4-5-10(14)11(15)8-9/h4-5,8H,2-3,6-7H2,1H3. The minimum absolute atomic E-state index is 0.174. The molecule has 0 aromatic heterocycles. The third-order valence-corrected chi connectivity index (χ3v) is 3.40. The quantitative estimate of drug-likeness (QED) is 0.759. The normalized spacial score (nSPS) is 18.3. The van der Waals surface area contributed by atoms with E-state index in [0.717, 1.165) is 25.0 Å². The van der Waals surface area contributed by atoms with Crippen LogP contribution in [0.15, 0.2) is 18.2 Å². The van der Waals surface area contributed by atoms with Crippen LogP contribution in [0.2, 0.25) is 0 Å². The number of Topliss-reactive ketones (excluding diaryl/α,β-unsaturated/α-hetero) is 1. The molecular weight excluding hydrogens is 226 g/mol. The summed E-state index contributed by atoms with van der Waals surface area (Å²) in [7, 11) is 1.49. The molecule has 1 aromatic rings. The van der Waals surface area contributed by atoms with Crippen molar-refractivity contribution >= 4 is 5.78 Å². The summed E-state index contributed by atoms with van der Waals surface area (Å²) in [4.78, 5) is 12.2. The molecule has 0 saturated heterocycles. The van der Waals surface area contributed by atoms with E-state index >= 15 is 0 Å². The Kier molecular flexibility index (Phi) is 3.24. The van der Waals surface area contributed by atoms with Gasteiger partial charge in [-0.1, -0.05) is 0 Å². The number of rotatable bonds is 3. The molecule has 2 rings (SSSR count). The van der Waals surface area contributed by atoms with Crippen molar-refractivity contribution in [2.24, 2.45) is 0 Å². The van der Waals surface area contributed by atoms with Gasteiger partial charge in [0.15, 0.2) is 17.4 Å². The number of hydrogen-bond donors (Lipinski definition) is 0. The van der Waals surface area contributed by atoms with Gasteiger partial charge >= 0.3 is 0 Å². The molecule has 92 valence electrons. The van der Waals surface area contributed by atoms with E-state index in [0.29, 0.717) is 12.8 Å². The average molecular weight is 240 g/mol. The summed E-state index contributed by atoms with van der Waals surface area (Å²) < 4.78 is 31.2. The van der Waals surface area contributed by atoms with Crippen molar-refractivity contribution in [2.45, 2.75) is 31.3 Å². The number of hydrogen-bond acceptors (Lipinski definition) is 2. The lowest BCUT2D eigenvalue weighted by Crippen LogP contribution is -2.37. The Morgan fingerprint density at radius 1 is 1.24 bits per heavy atom. The molecule has 17 heavy (non-hydrogen) atoms. The smallest absolute Gasteiger partial charge is 0.194 e. The summed E-state index contributed by atoms with van der Waals surface area (Å²) in [5.74, 6) is -2.20. The lowest BCUT2D eigenvalue weighted by molar-refractivity contribution is 0.00599. The van der Waals surface area contributed by atoms with Crippen molar-refractivity contribution in [3.05, 3.63) is 35.4 Å². The Bertz CT molecular complexity index is 437. The molecule has 0 bridgehead atoms. The zero-order valence-electron chi connectivity index (χ0n) is 9.63. The Morgan fingerprint density at radius 2 is 1.88 bits per heavy atom. The van der Waals surface area contributed by atoms with Gasteiger partial charge in [0.25, 0.3) is 0 Å². The number of ether oxygens (including phenoxy) is 1. The van der Waals surface area contributed by atoms with Crippen LogP contribution in [0.25, 0.3) is 0 Å². The number of benzene rings is 1. The van der Waals surface area contributed by atoms with Crippen molar-refractivity contribution in [3.63, 3.8) is 0 Å². The maximum absolute atomic E-state index is 13.1. The van der Waals surface area contributed by atoms with Gasteiger partial charge in [-0.2, -0.15) is 0 Å². The summed E-state index contributed by atoms with van der Waals surface area (Å²) in [6, 6.07) is 3.22. The SMILES string of the molecule is COC1(C(=O)c2ccc(F)c(F)c2)CCCC1. The predicted octanol–water partition coefficient (Wildman–Crippen LogP) is 3.11. The minimum Gasteiger partial charge on any atom is -0.370 e. The summed E-state index contributed by atoms with van der Waals surface area (Å²) >= 11 is 0. The first-order valence-electron chi connectivity index (χ1n) is 5.64. The van der Waals surface area contributed by atoms with Crippen LogP contribution < -0.4 is 0 Å². The van der Waals surface area contributed by atoms with E-state index in [1.165, 1.54) is 13.2 Å². The third-order valence-electron chi connectivity index (χ3n) is 3.40. The van der Waals surface area contributed by atoms with Crippen LogP contribution in [0.1, 0.15) is 36.0 Å². The van der Waals surface area contributed by atoms with Crippen molar-refractivity contribution < 1.29 is 18.3 Å². The molecule has 4 heteroatoms. The van der Waals surface area contributed by atoms with Crippen molar-refractivity contribution in [2.75, 3.05) is 7.11 Å². The first kappa shape index (κ1) is 12.2. The summed E-state index contributed by atoms with van der Waals surface area (Å²) in [5.41, 5.74) is -0.669. The van der Waals surface area contributed by atoms with Crippen LogP contribution >= 0.6 is 0 Å². The van der Waals surface area contributed by atoms with E-state index in [1.54, 1.807) is 0 Å². The van der Waals surface area contributed by atoms with Gasteiger partial charge in [-0.15, -0.1) is 0 Å². The van der Waals surface area contributed by atoms with Crippen LogP contribution in [0.5, 0.6) is 0 Å². The van der Waals surface area contributed by atoms with Crippen LogP contribution in [0.4, 0.5) is 8.78 Å². The molecule has 0 aliphatic heterocycles. The van der Waals surface area contributed by atoms with Crippen LogP contribution in [-0.2, 0) is 4.74 Å². The number of halogens is 2. The van der Waals surface area contributed by atoms with Gasteiger partial charge in [-0.25, -0.2) is 8.78 Å². The van der Waals surface area contributed by atoms with E-state index in [9.17, 15) is 13.6 Å². The average Bonchev–Trinajstić information content (AvgIpc) is 2.81. The monoisotopic (exact) mass is 240 g/mol. The highest BCUT2D eigenvalue weighted by Crippen LogP contribution is 2.35. The maximum atomic E-state index is 13.1. The largest absolute Gasteiger partial charge is 0.370 e. The van der Waals surface area contributed by atoms with E-state index in [1.807, 2.05) is 0 Å². The molecule has 0 radical (unpaired) electrons. The third kappa shape index (κ3) is 2.09. The van der Waals surface area contributed by atoms with Gasteiger partial charge in [0.1, 0.15) is 5.60 Å². The molecule has 1 aliphatic carbocycles. The number of methoxy groups -OCH3 is 1. The molecule has 2 nitrogen and oxygen atoms in total. The topological polar surface area (TPSA) is 26.3 Å². The second-order valence-corrected chi connectivity index (χ2v) is 4.36. The van der Waals surface area contributed by atoms with Gasteiger partial charge in [-0.3, -0.25) is 4.79 Å².